The van der Waals surface area contributed by atoms with E-state index in [4.69, 9.17) is 9.47 Å². The molecule has 1 aliphatic heterocycles. The Bertz CT molecular complexity index is 997. The highest BCUT2D eigenvalue weighted by atomic mass is 32.2. The van der Waals surface area contributed by atoms with Crippen molar-refractivity contribution in [2.75, 3.05) is 24.8 Å². The summed E-state index contributed by atoms with van der Waals surface area (Å²) in [4.78, 5) is 27.8. The van der Waals surface area contributed by atoms with E-state index in [1.54, 1.807) is 25.8 Å². The molecule has 6 nitrogen and oxygen atoms in total. The van der Waals surface area contributed by atoms with Gasteiger partial charge in [-0.3, -0.25) is 4.79 Å². The Labute approximate surface area is 204 Å². The molecule has 8 heteroatoms. The molecule has 1 aromatic carbocycles. The molecule has 3 rings (SSSR count). The van der Waals surface area contributed by atoms with E-state index in [-0.39, 0.29) is 23.0 Å². The molecule has 2 aromatic rings. The third-order valence-electron chi connectivity index (χ3n) is 5.45. The molecular weight excluding hydrogens is 456 g/mol. The maximum Gasteiger partial charge on any atom is 0.341 e. The first-order valence-corrected chi connectivity index (χ1v) is 13.1. The number of amides is 1. The fourth-order valence-electron chi connectivity index (χ4n) is 4.32. The van der Waals surface area contributed by atoms with Gasteiger partial charge in [-0.2, -0.15) is 0 Å². The number of nitrogens with one attached hydrogen (secondary N) is 2. The third kappa shape index (κ3) is 6.31. The van der Waals surface area contributed by atoms with Crippen molar-refractivity contribution < 1.29 is 19.1 Å². The fourth-order valence-corrected chi connectivity index (χ4v) is 6.45. The van der Waals surface area contributed by atoms with Gasteiger partial charge >= 0.3 is 5.97 Å². The van der Waals surface area contributed by atoms with E-state index < -0.39 is 0 Å². The highest BCUT2D eigenvalue weighted by Gasteiger charge is 2.42. The number of hydrogen-bond donors (Lipinski definition) is 2. The molecule has 1 aromatic heterocycles. The fraction of sp³-hybridized carbons (Fsp3) is 0.520. The van der Waals surface area contributed by atoms with Crippen LogP contribution >= 0.6 is 23.1 Å². The number of thioether (sulfide) groups is 1. The van der Waals surface area contributed by atoms with Crippen LogP contribution in [0.2, 0.25) is 0 Å². The zero-order valence-corrected chi connectivity index (χ0v) is 21.9. The number of carbonyl (C=O) groups is 2. The molecule has 1 amide bonds. The number of benzene rings is 1. The summed E-state index contributed by atoms with van der Waals surface area (Å²) in [6, 6.07) is 7.90. The Morgan fingerprint density at radius 3 is 2.52 bits per heavy atom. The zero-order valence-electron chi connectivity index (χ0n) is 20.3. The minimum Gasteiger partial charge on any atom is -0.497 e. The lowest BCUT2D eigenvalue weighted by Crippen LogP contribution is -2.55. The van der Waals surface area contributed by atoms with Gasteiger partial charge in [0.25, 0.3) is 0 Å². The van der Waals surface area contributed by atoms with Crippen molar-refractivity contribution in [3.63, 3.8) is 0 Å². The molecule has 0 bridgehead atoms. The lowest BCUT2D eigenvalue weighted by molar-refractivity contribution is -0.116. The number of fused-ring (bicyclic) bond motifs is 1. The summed E-state index contributed by atoms with van der Waals surface area (Å²) in [5, 5.41) is 7.26. The Morgan fingerprint density at radius 1 is 1.18 bits per heavy atom. The van der Waals surface area contributed by atoms with Gasteiger partial charge in [0.2, 0.25) is 5.91 Å². The van der Waals surface area contributed by atoms with Crippen molar-refractivity contribution in [2.45, 2.75) is 69.9 Å². The second-order valence-electron chi connectivity index (χ2n) is 9.32. The predicted molar refractivity (Wildman–Crippen MR) is 136 cm³/mol. The van der Waals surface area contributed by atoms with Gasteiger partial charge in [-0.25, -0.2) is 4.79 Å². The quantitative estimate of drug-likeness (QED) is 0.271. The summed E-state index contributed by atoms with van der Waals surface area (Å²) in [5.74, 6) is 1.21. The molecular formula is C25H34N2O4S2. The van der Waals surface area contributed by atoms with Gasteiger partial charge in [-0.1, -0.05) is 0 Å². The van der Waals surface area contributed by atoms with Crippen molar-refractivity contribution in [2.24, 2.45) is 0 Å². The van der Waals surface area contributed by atoms with Gasteiger partial charge in [0, 0.05) is 27.3 Å². The Balaban J connectivity index is 1.68. The molecule has 0 spiro atoms. The second kappa shape index (κ2) is 10.5. The lowest BCUT2D eigenvalue weighted by Gasteiger charge is -2.42. The summed E-state index contributed by atoms with van der Waals surface area (Å²) in [6.07, 6.45) is 1.83. The molecule has 2 N–H and O–H groups in total. The average molecular weight is 491 g/mol. The highest BCUT2D eigenvalue weighted by Crippen LogP contribution is 2.45. The van der Waals surface area contributed by atoms with Gasteiger partial charge in [-0.05, 0) is 83.0 Å². The summed E-state index contributed by atoms with van der Waals surface area (Å²) in [6.45, 7) is 10.6. The third-order valence-corrected chi connectivity index (χ3v) is 8.02. The van der Waals surface area contributed by atoms with Gasteiger partial charge in [0.05, 0.1) is 19.3 Å². The number of esters is 1. The van der Waals surface area contributed by atoms with E-state index in [1.807, 2.05) is 24.3 Å². The maximum atomic E-state index is 12.9. The molecule has 0 atom stereocenters. The van der Waals surface area contributed by atoms with E-state index in [2.05, 4.69) is 38.3 Å². The van der Waals surface area contributed by atoms with Crippen LogP contribution in [-0.4, -0.2) is 36.9 Å². The second-order valence-corrected chi connectivity index (χ2v) is 11.5. The van der Waals surface area contributed by atoms with Crippen LogP contribution in [0, 0.1) is 0 Å². The number of thiophene rings is 1. The minimum atomic E-state index is -0.367. The molecule has 0 saturated carbocycles. The van der Waals surface area contributed by atoms with E-state index in [9.17, 15) is 9.59 Å². The number of hydrogen-bond acceptors (Lipinski definition) is 7. The number of anilines is 1. The van der Waals surface area contributed by atoms with Gasteiger partial charge in [0.15, 0.2) is 0 Å². The highest BCUT2D eigenvalue weighted by molar-refractivity contribution is 7.99. The van der Waals surface area contributed by atoms with E-state index in [0.717, 1.165) is 33.3 Å². The van der Waals surface area contributed by atoms with Gasteiger partial charge in [-0.15, -0.1) is 23.1 Å². The first kappa shape index (κ1) is 25.6. The van der Waals surface area contributed by atoms with Crippen molar-refractivity contribution in [3.05, 3.63) is 40.3 Å². The predicted octanol–water partition coefficient (Wildman–Crippen LogP) is 5.60. The molecule has 180 valence electrons. The minimum absolute atomic E-state index is 0.0838. The molecule has 33 heavy (non-hydrogen) atoms. The smallest absolute Gasteiger partial charge is 0.341 e. The van der Waals surface area contributed by atoms with E-state index >= 15 is 0 Å². The van der Waals surface area contributed by atoms with Crippen LogP contribution in [0.1, 0.15) is 68.3 Å². The van der Waals surface area contributed by atoms with Crippen molar-refractivity contribution in [3.8, 4) is 5.75 Å². The van der Waals surface area contributed by atoms with Gasteiger partial charge in [0.1, 0.15) is 10.8 Å². The summed E-state index contributed by atoms with van der Waals surface area (Å²) in [7, 11) is 1.65. The maximum absolute atomic E-state index is 12.9. The van der Waals surface area contributed by atoms with Crippen LogP contribution in [0.4, 0.5) is 5.00 Å². The lowest BCUT2D eigenvalue weighted by atomic mass is 9.81. The number of methoxy groups -OCH3 is 1. The summed E-state index contributed by atoms with van der Waals surface area (Å²) < 4.78 is 10.5. The van der Waals surface area contributed by atoms with Crippen LogP contribution in [0.25, 0.3) is 0 Å². The van der Waals surface area contributed by atoms with Crippen LogP contribution in [-0.2, 0) is 21.5 Å². The van der Waals surface area contributed by atoms with E-state index in [1.165, 1.54) is 11.3 Å². The number of ether oxygens (including phenoxy) is 2. The van der Waals surface area contributed by atoms with Crippen molar-refractivity contribution >= 4 is 40.0 Å². The summed E-state index contributed by atoms with van der Waals surface area (Å²) >= 11 is 3.19. The van der Waals surface area contributed by atoms with Crippen LogP contribution in [0.15, 0.2) is 29.2 Å². The summed E-state index contributed by atoms with van der Waals surface area (Å²) in [5.41, 5.74) is 1.03. The Kier molecular flexibility index (Phi) is 8.13. The Morgan fingerprint density at radius 2 is 1.88 bits per heavy atom. The number of carbonyl (C=O) groups excluding carboxylic acids is 2. The molecule has 2 heterocycles. The normalized spacial score (nSPS) is 16.1. The molecule has 0 radical (unpaired) electrons. The molecule has 1 aliphatic rings. The Hall–Kier alpha value is -2.03. The first-order valence-electron chi connectivity index (χ1n) is 11.3. The standard InChI is InChI=1S/C25H34N2O4S2/c1-7-31-23(29)20-18-15-24(2,3)27-25(4,5)21(18)33-22(20)26-19(28)9-8-14-32-17-12-10-16(30-6)11-13-17/h10-13,27H,7-9,14-15H2,1-6H3,(H,26,28). The van der Waals surface area contributed by atoms with Crippen LogP contribution in [0.3, 0.4) is 0 Å². The van der Waals surface area contributed by atoms with Crippen LogP contribution in [0.5, 0.6) is 5.75 Å². The zero-order chi connectivity index (χ0) is 24.2. The monoisotopic (exact) mass is 490 g/mol. The molecule has 0 unspecified atom stereocenters. The van der Waals surface area contributed by atoms with Crippen LogP contribution < -0.4 is 15.4 Å². The van der Waals surface area contributed by atoms with Crippen molar-refractivity contribution in [1.29, 1.82) is 0 Å². The first-order chi connectivity index (χ1) is 15.6. The topological polar surface area (TPSA) is 76.7 Å². The molecule has 0 saturated heterocycles. The number of rotatable bonds is 9. The van der Waals surface area contributed by atoms with E-state index in [0.29, 0.717) is 30.0 Å². The van der Waals surface area contributed by atoms with Gasteiger partial charge < -0.3 is 20.1 Å². The largest absolute Gasteiger partial charge is 0.497 e. The van der Waals surface area contributed by atoms with Crippen molar-refractivity contribution in [1.82, 2.24) is 5.32 Å². The molecule has 0 fully saturated rings. The average Bonchev–Trinajstić information content (AvgIpc) is 3.08. The molecule has 0 aliphatic carbocycles. The SMILES string of the molecule is CCOC(=O)c1c(NC(=O)CCCSc2ccc(OC)cc2)sc2c1CC(C)(C)NC2(C)C.